The van der Waals surface area contributed by atoms with Gasteiger partial charge in [-0.15, -0.1) is 5.10 Å². The molecule has 1 aromatic rings. The topological polar surface area (TPSA) is 39.9 Å². The summed E-state index contributed by atoms with van der Waals surface area (Å²) >= 11 is 0. The summed E-state index contributed by atoms with van der Waals surface area (Å²) in [5.74, 6) is 0. The molecular formula is C7H8F3N3O. The lowest BCUT2D eigenvalue weighted by atomic mass is 9.97. The second-order valence-corrected chi connectivity index (χ2v) is 3.33. The van der Waals surface area contributed by atoms with Gasteiger partial charge in [0.15, 0.2) is 0 Å². The van der Waals surface area contributed by atoms with E-state index < -0.39 is 11.7 Å². The van der Waals surface area contributed by atoms with Gasteiger partial charge >= 0.3 is 6.18 Å². The minimum atomic E-state index is -4.36. The fourth-order valence-electron chi connectivity index (χ4n) is 1.28. The van der Waals surface area contributed by atoms with Gasteiger partial charge in [0.05, 0.1) is 18.9 Å². The van der Waals surface area contributed by atoms with E-state index in [2.05, 4.69) is 15.0 Å². The quantitative estimate of drug-likeness (QED) is 0.686. The first-order chi connectivity index (χ1) is 6.46. The van der Waals surface area contributed by atoms with Crippen LogP contribution in [-0.4, -0.2) is 34.4 Å². The Morgan fingerprint density at radius 2 is 2.14 bits per heavy atom. The van der Waals surface area contributed by atoms with Crippen LogP contribution in [0.5, 0.6) is 0 Å². The van der Waals surface area contributed by atoms with Gasteiger partial charge < -0.3 is 4.74 Å². The Morgan fingerprint density at radius 3 is 2.43 bits per heavy atom. The van der Waals surface area contributed by atoms with E-state index >= 15 is 0 Å². The van der Waals surface area contributed by atoms with Crippen LogP contribution in [0.4, 0.5) is 13.2 Å². The maximum absolute atomic E-state index is 12.7. The van der Waals surface area contributed by atoms with Crippen LogP contribution in [0.15, 0.2) is 6.20 Å². The molecule has 0 saturated carbocycles. The summed E-state index contributed by atoms with van der Waals surface area (Å²) in [6.45, 7) is 0.811. The highest BCUT2D eigenvalue weighted by Gasteiger charge is 2.62. The van der Waals surface area contributed by atoms with Crippen LogP contribution in [-0.2, 0) is 10.3 Å². The third-order valence-electron chi connectivity index (χ3n) is 2.26. The lowest BCUT2D eigenvalue weighted by molar-refractivity contribution is -0.294. The smallest absolute Gasteiger partial charge is 0.375 e. The summed E-state index contributed by atoms with van der Waals surface area (Å²) in [6.07, 6.45) is -3.08. The van der Waals surface area contributed by atoms with Gasteiger partial charge in [-0.25, -0.2) is 4.68 Å². The summed E-state index contributed by atoms with van der Waals surface area (Å²) in [4.78, 5) is 0. The Bertz CT molecular complexity index is 342. The van der Waals surface area contributed by atoms with Gasteiger partial charge in [-0.2, -0.15) is 13.2 Å². The van der Waals surface area contributed by atoms with E-state index in [0.29, 0.717) is 5.69 Å². The van der Waals surface area contributed by atoms with Gasteiger partial charge in [0.2, 0.25) is 5.54 Å². The van der Waals surface area contributed by atoms with Gasteiger partial charge in [-0.05, 0) is 6.92 Å². The molecule has 1 aliphatic rings. The molecule has 0 N–H and O–H groups in total. The molecule has 1 aliphatic heterocycles. The van der Waals surface area contributed by atoms with Crippen LogP contribution in [0.1, 0.15) is 5.69 Å². The minimum Gasteiger partial charge on any atom is -0.375 e. The van der Waals surface area contributed by atoms with Crippen LogP contribution in [0, 0.1) is 6.92 Å². The fourth-order valence-corrected chi connectivity index (χ4v) is 1.28. The summed E-state index contributed by atoms with van der Waals surface area (Å²) in [6, 6.07) is 0. The van der Waals surface area contributed by atoms with Crippen molar-refractivity contribution in [1.29, 1.82) is 0 Å². The summed E-state index contributed by atoms with van der Waals surface area (Å²) in [5, 5.41) is 6.98. The van der Waals surface area contributed by atoms with Crippen LogP contribution in [0.25, 0.3) is 0 Å². The van der Waals surface area contributed by atoms with Crippen LogP contribution < -0.4 is 0 Å². The van der Waals surface area contributed by atoms with Crippen molar-refractivity contribution in [1.82, 2.24) is 15.0 Å². The van der Waals surface area contributed by atoms with Crippen molar-refractivity contribution in [2.24, 2.45) is 0 Å². The van der Waals surface area contributed by atoms with E-state index in [4.69, 9.17) is 0 Å². The van der Waals surface area contributed by atoms with Gasteiger partial charge in [-0.3, -0.25) is 0 Å². The van der Waals surface area contributed by atoms with Crippen LogP contribution in [0.3, 0.4) is 0 Å². The first kappa shape index (κ1) is 9.45. The lowest BCUT2D eigenvalue weighted by Gasteiger charge is -2.41. The Balaban J connectivity index is 2.38. The van der Waals surface area contributed by atoms with E-state index in [1.165, 1.54) is 6.20 Å². The molecule has 78 valence electrons. The van der Waals surface area contributed by atoms with Crippen LogP contribution in [0.2, 0.25) is 0 Å². The van der Waals surface area contributed by atoms with Crippen molar-refractivity contribution in [3.8, 4) is 0 Å². The van der Waals surface area contributed by atoms with Crippen molar-refractivity contribution in [2.45, 2.75) is 18.6 Å². The molecule has 2 heterocycles. The molecule has 0 atom stereocenters. The minimum absolute atomic E-state index is 0.390. The molecule has 2 rings (SSSR count). The zero-order valence-corrected chi connectivity index (χ0v) is 7.38. The molecular weight excluding hydrogens is 199 g/mol. The second-order valence-electron chi connectivity index (χ2n) is 3.33. The normalized spacial score (nSPS) is 20.6. The van der Waals surface area contributed by atoms with Crippen molar-refractivity contribution in [2.75, 3.05) is 13.2 Å². The molecule has 0 bridgehead atoms. The molecule has 1 aromatic heterocycles. The molecule has 0 spiro atoms. The maximum atomic E-state index is 12.7. The Morgan fingerprint density at radius 1 is 1.50 bits per heavy atom. The van der Waals surface area contributed by atoms with Crippen molar-refractivity contribution < 1.29 is 17.9 Å². The molecule has 0 aromatic carbocycles. The summed E-state index contributed by atoms with van der Waals surface area (Å²) in [7, 11) is 0. The average molecular weight is 207 g/mol. The third-order valence-corrected chi connectivity index (χ3v) is 2.26. The molecule has 0 aliphatic carbocycles. The van der Waals surface area contributed by atoms with Gasteiger partial charge in [0.1, 0.15) is 0 Å². The molecule has 0 radical (unpaired) electrons. The second kappa shape index (κ2) is 2.69. The molecule has 14 heavy (non-hydrogen) atoms. The number of aryl methyl sites for hydroxylation is 1. The summed E-state index contributed by atoms with van der Waals surface area (Å²) in [5.41, 5.74) is -1.55. The number of hydrogen-bond acceptors (Lipinski definition) is 3. The van der Waals surface area contributed by atoms with E-state index in [1.54, 1.807) is 6.92 Å². The van der Waals surface area contributed by atoms with E-state index in [-0.39, 0.29) is 13.2 Å². The third kappa shape index (κ3) is 1.12. The average Bonchev–Trinajstić information content (AvgIpc) is 2.29. The molecule has 0 unspecified atom stereocenters. The standard InChI is InChI=1S/C7H8F3N3O/c1-5-2-13(12-11-5)6(3-14-4-6)7(8,9)10/h2H,3-4H2,1H3. The van der Waals surface area contributed by atoms with Gasteiger partial charge in [0.25, 0.3) is 0 Å². The predicted molar refractivity (Wildman–Crippen MR) is 39.6 cm³/mol. The molecule has 0 amide bonds. The lowest BCUT2D eigenvalue weighted by Crippen LogP contribution is -2.61. The molecule has 1 saturated heterocycles. The van der Waals surface area contributed by atoms with E-state index in [1.807, 2.05) is 0 Å². The Hall–Kier alpha value is -1.11. The largest absolute Gasteiger partial charge is 0.418 e. The monoisotopic (exact) mass is 207 g/mol. The zero-order valence-electron chi connectivity index (χ0n) is 7.38. The Labute approximate surface area is 77.7 Å². The first-order valence-electron chi connectivity index (χ1n) is 4.00. The first-order valence-corrected chi connectivity index (χ1v) is 4.00. The molecule has 4 nitrogen and oxygen atoms in total. The van der Waals surface area contributed by atoms with Crippen LogP contribution >= 0.6 is 0 Å². The zero-order chi connectivity index (χ0) is 10.4. The van der Waals surface area contributed by atoms with Gasteiger partial charge in [0, 0.05) is 6.20 Å². The number of ether oxygens (including phenoxy) is 1. The molecule has 7 heteroatoms. The SMILES string of the molecule is Cc1cn(C2(C(F)(F)F)COC2)nn1. The number of nitrogens with zero attached hydrogens (tertiary/aromatic N) is 3. The number of hydrogen-bond donors (Lipinski definition) is 0. The predicted octanol–water partition coefficient (Wildman–Crippen LogP) is 0.874. The number of halogens is 3. The number of alkyl halides is 3. The highest BCUT2D eigenvalue weighted by Crippen LogP contribution is 2.41. The number of rotatable bonds is 1. The molecule has 1 fully saturated rings. The Kier molecular flexibility index (Phi) is 1.82. The summed E-state index contributed by atoms with van der Waals surface area (Å²) < 4.78 is 43.5. The number of aromatic nitrogens is 3. The van der Waals surface area contributed by atoms with E-state index in [0.717, 1.165) is 4.68 Å². The van der Waals surface area contributed by atoms with E-state index in [9.17, 15) is 13.2 Å². The van der Waals surface area contributed by atoms with Crippen molar-refractivity contribution >= 4 is 0 Å². The fraction of sp³-hybridized carbons (Fsp3) is 0.714. The van der Waals surface area contributed by atoms with Gasteiger partial charge in [-0.1, -0.05) is 5.21 Å². The maximum Gasteiger partial charge on any atom is 0.418 e. The van der Waals surface area contributed by atoms with Crippen molar-refractivity contribution in [3.05, 3.63) is 11.9 Å². The highest BCUT2D eigenvalue weighted by molar-refractivity contribution is 5.01. The van der Waals surface area contributed by atoms with Crippen molar-refractivity contribution in [3.63, 3.8) is 0 Å². The highest BCUT2D eigenvalue weighted by atomic mass is 19.4.